The molecule has 180 valence electrons. The Morgan fingerprint density at radius 1 is 0.971 bits per heavy atom. The smallest absolute Gasteiger partial charge is 0.303 e. The van der Waals surface area contributed by atoms with E-state index in [0.717, 1.165) is 25.7 Å². The molecule has 2 aromatic rings. The maximum absolute atomic E-state index is 12.7. The van der Waals surface area contributed by atoms with Crippen LogP contribution in [0.2, 0.25) is 5.02 Å². The molecule has 0 saturated carbocycles. The first-order valence-corrected chi connectivity index (χ1v) is 11.5. The van der Waals surface area contributed by atoms with Crippen LogP contribution >= 0.6 is 11.6 Å². The molecular formula is C25H27ClN2O6. The second kappa shape index (κ2) is 12.1. The summed E-state index contributed by atoms with van der Waals surface area (Å²) < 4.78 is 5.69. The lowest BCUT2D eigenvalue weighted by atomic mass is 10.1. The van der Waals surface area contributed by atoms with Gasteiger partial charge in [-0.1, -0.05) is 30.9 Å². The predicted molar refractivity (Wildman–Crippen MR) is 129 cm³/mol. The summed E-state index contributed by atoms with van der Waals surface area (Å²) in [6.07, 6.45) is 4.61. The van der Waals surface area contributed by atoms with E-state index in [9.17, 15) is 19.5 Å². The van der Waals surface area contributed by atoms with Gasteiger partial charge in [0, 0.05) is 22.8 Å². The molecule has 9 heteroatoms. The van der Waals surface area contributed by atoms with Gasteiger partial charge < -0.3 is 25.2 Å². The van der Waals surface area contributed by atoms with Crippen LogP contribution in [0.4, 0.5) is 11.4 Å². The Morgan fingerprint density at radius 3 is 2.29 bits per heavy atom. The zero-order chi connectivity index (χ0) is 24.5. The summed E-state index contributed by atoms with van der Waals surface area (Å²) >= 11 is 5.88. The molecule has 34 heavy (non-hydrogen) atoms. The van der Waals surface area contributed by atoms with Gasteiger partial charge in [-0.05, 0) is 61.4 Å². The number of aliphatic hydroxyl groups is 1. The van der Waals surface area contributed by atoms with Crippen molar-refractivity contribution in [3.63, 3.8) is 0 Å². The number of hydrogen-bond acceptors (Lipinski definition) is 5. The Labute approximate surface area is 202 Å². The Morgan fingerprint density at radius 2 is 1.62 bits per heavy atom. The van der Waals surface area contributed by atoms with Gasteiger partial charge in [0.25, 0.3) is 11.8 Å². The Hall–Kier alpha value is -3.52. The van der Waals surface area contributed by atoms with E-state index in [-0.39, 0.29) is 24.3 Å². The predicted octanol–water partition coefficient (Wildman–Crippen LogP) is 4.94. The molecule has 2 aromatic carbocycles. The van der Waals surface area contributed by atoms with Crippen LogP contribution in [-0.2, 0) is 14.4 Å². The topological polar surface area (TPSA) is 116 Å². The largest absolute Gasteiger partial charge is 0.509 e. The van der Waals surface area contributed by atoms with Gasteiger partial charge in [0.15, 0.2) is 0 Å². The number of rotatable bonds is 12. The number of amides is 2. The zero-order valence-corrected chi connectivity index (χ0v) is 19.4. The highest BCUT2D eigenvalue weighted by Gasteiger charge is 2.36. The summed E-state index contributed by atoms with van der Waals surface area (Å²) in [6.45, 7) is 0.454. The van der Waals surface area contributed by atoms with Crippen molar-refractivity contribution in [2.24, 2.45) is 0 Å². The van der Waals surface area contributed by atoms with E-state index >= 15 is 0 Å². The van der Waals surface area contributed by atoms with Gasteiger partial charge in [-0.15, -0.1) is 0 Å². The van der Waals surface area contributed by atoms with Crippen molar-refractivity contribution < 1.29 is 29.3 Å². The van der Waals surface area contributed by atoms with E-state index in [4.69, 9.17) is 21.4 Å². The number of nitrogens with one attached hydrogen (secondary N) is 1. The summed E-state index contributed by atoms with van der Waals surface area (Å²) in [5.74, 6) is -1.67. The number of carboxylic acid groups (broad SMARTS) is 1. The molecule has 3 N–H and O–H groups in total. The first-order valence-electron chi connectivity index (χ1n) is 11.1. The highest BCUT2D eigenvalue weighted by Crippen LogP contribution is 2.27. The minimum atomic E-state index is -0.758. The van der Waals surface area contributed by atoms with Gasteiger partial charge in [-0.25, -0.2) is 0 Å². The summed E-state index contributed by atoms with van der Waals surface area (Å²) in [6, 6.07) is 13.3. The molecule has 0 atom stereocenters. The number of ether oxygens (including phenoxy) is 1. The maximum atomic E-state index is 12.7. The van der Waals surface area contributed by atoms with Gasteiger partial charge in [-0.3, -0.25) is 14.4 Å². The van der Waals surface area contributed by atoms with Gasteiger partial charge >= 0.3 is 5.97 Å². The number of aliphatic hydroxyl groups excluding tert-OH is 1. The molecule has 2 amide bonds. The number of anilines is 2. The molecule has 0 saturated heterocycles. The SMILES string of the molecule is O=C(O)CCCCCCCOc1ccc(NC(=O)C2=C(O)CN(c3ccc(Cl)cc3)C2=O)cc1. The summed E-state index contributed by atoms with van der Waals surface area (Å²) in [5.41, 5.74) is 0.706. The molecule has 0 aromatic heterocycles. The van der Waals surface area contributed by atoms with Crippen LogP contribution in [-0.4, -0.2) is 41.1 Å². The van der Waals surface area contributed by atoms with Crippen LogP contribution in [0.15, 0.2) is 59.9 Å². The third-order valence-corrected chi connectivity index (χ3v) is 5.59. The molecular weight excluding hydrogens is 460 g/mol. The van der Waals surface area contributed by atoms with Crippen molar-refractivity contribution in [1.82, 2.24) is 0 Å². The molecule has 1 aliphatic heterocycles. The molecule has 0 spiro atoms. The molecule has 1 aliphatic rings. The molecule has 1 heterocycles. The summed E-state index contributed by atoms with van der Waals surface area (Å²) in [7, 11) is 0. The van der Waals surface area contributed by atoms with E-state index in [1.807, 2.05) is 0 Å². The number of unbranched alkanes of at least 4 members (excludes halogenated alkanes) is 4. The number of carbonyl (C=O) groups is 3. The van der Waals surface area contributed by atoms with E-state index < -0.39 is 17.8 Å². The fourth-order valence-electron chi connectivity index (χ4n) is 3.54. The molecule has 0 fully saturated rings. The average Bonchev–Trinajstić information content (AvgIpc) is 3.10. The maximum Gasteiger partial charge on any atom is 0.303 e. The van der Waals surface area contributed by atoms with Crippen LogP contribution in [0.1, 0.15) is 38.5 Å². The lowest BCUT2D eigenvalue weighted by Gasteiger charge is -2.16. The van der Waals surface area contributed by atoms with Crippen LogP contribution < -0.4 is 15.0 Å². The van der Waals surface area contributed by atoms with E-state index in [2.05, 4.69) is 5.32 Å². The normalized spacial score (nSPS) is 13.3. The van der Waals surface area contributed by atoms with Crippen LogP contribution in [0.5, 0.6) is 5.75 Å². The average molecular weight is 487 g/mol. The number of carboxylic acids is 1. The highest BCUT2D eigenvalue weighted by molar-refractivity contribution is 6.31. The fraction of sp³-hybridized carbons (Fsp3) is 0.320. The van der Waals surface area contributed by atoms with Gasteiger partial charge in [0.1, 0.15) is 17.1 Å². The van der Waals surface area contributed by atoms with Crippen LogP contribution in [0, 0.1) is 0 Å². The highest BCUT2D eigenvalue weighted by atomic mass is 35.5. The van der Waals surface area contributed by atoms with Gasteiger partial charge in [-0.2, -0.15) is 0 Å². The number of carbonyl (C=O) groups excluding carboxylic acids is 2. The number of halogens is 1. The molecule has 0 aliphatic carbocycles. The summed E-state index contributed by atoms with van der Waals surface area (Å²) in [5, 5.41) is 22.0. The van der Waals surface area contributed by atoms with Crippen molar-refractivity contribution in [3.05, 3.63) is 64.9 Å². The number of nitrogens with zero attached hydrogens (tertiary/aromatic N) is 1. The number of benzene rings is 2. The molecule has 8 nitrogen and oxygen atoms in total. The van der Waals surface area contributed by atoms with Crippen molar-refractivity contribution in [3.8, 4) is 5.75 Å². The molecule has 0 bridgehead atoms. The molecule has 0 unspecified atom stereocenters. The lowest BCUT2D eigenvalue weighted by molar-refractivity contribution is -0.137. The van der Waals surface area contributed by atoms with E-state index in [1.165, 1.54) is 4.90 Å². The quantitative estimate of drug-likeness (QED) is 0.289. The van der Waals surface area contributed by atoms with Gasteiger partial charge in [0.2, 0.25) is 0 Å². The second-order valence-corrected chi connectivity index (χ2v) is 8.36. The van der Waals surface area contributed by atoms with Crippen LogP contribution in [0.3, 0.4) is 0 Å². The number of aliphatic carboxylic acids is 1. The first kappa shape index (κ1) is 25.1. The molecule has 0 radical (unpaired) electrons. The third-order valence-electron chi connectivity index (χ3n) is 5.34. The Balaban J connectivity index is 1.44. The van der Waals surface area contributed by atoms with Crippen molar-refractivity contribution >= 4 is 40.8 Å². The summed E-state index contributed by atoms with van der Waals surface area (Å²) in [4.78, 5) is 37.1. The molecule has 3 rings (SSSR count). The minimum Gasteiger partial charge on any atom is -0.509 e. The third kappa shape index (κ3) is 6.99. The number of hydrogen-bond donors (Lipinski definition) is 3. The van der Waals surface area contributed by atoms with E-state index in [0.29, 0.717) is 35.2 Å². The zero-order valence-electron chi connectivity index (χ0n) is 18.6. The van der Waals surface area contributed by atoms with Crippen molar-refractivity contribution in [2.45, 2.75) is 38.5 Å². The monoisotopic (exact) mass is 486 g/mol. The second-order valence-electron chi connectivity index (χ2n) is 7.93. The minimum absolute atomic E-state index is 0.0877. The van der Waals surface area contributed by atoms with Crippen molar-refractivity contribution in [1.29, 1.82) is 0 Å². The first-order chi connectivity index (χ1) is 16.3. The standard InChI is InChI=1S/C25H27ClN2O6/c26-17-7-11-19(12-8-17)28-16-21(29)23(25(28)33)24(32)27-18-9-13-20(14-10-18)34-15-5-3-1-2-4-6-22(30)31/h7-14,29H,1-6,15-16H2,(H,27,32)(H,30,31). The van der Waals surface area contributed by atoms with Gasteiger partial charge in [0.05, 0.1) is 13.2 Å². The lowest BCUT2D eigenvalue weighted by Crippen LogP contribution is -2.30. The Bertz CT molecular complexity index is 1050. The van der Waals surface area contributed by atoms with Crippen LogP contribution in [0.25, 0.3) is 0 Å². The van der Waals surface area contributed by atoms with E-state index in [1.54, 1.807) is 48.5 Å². The Kier molecular flexibility index (Phi) is 8.93. The fourth-order valence-corrected chi connectivity index (χ4v) is 3.67. The van der Waals surface area contributed by atoms with Crippen molar-refractivity contribution in [2.75, 3.05) is 23.4 Å².